The molecular weight excluding hydrogens is 285 g/mol. The minimum atomic E-state index is -0.122. The number of benzene rings is 1. The molecule has 19 heavy (non-hydrogen) atoms. The molecule has 1 aromatic rings. The van der Waals surface area contributed by atoms with Gasteiger partial charge in [0.15, 0.2) is 0 Å². The van der Waals surface area contributed by atoms with Crippen molar-refractivity contribution >= 4 is 40.5 Å². The number of nitrogens with two attached hydrogens (primary N) is 1. The smallest absolute Gasteiger partial charge is 0.238 e. The lowest BCUT2D eigenvalue weighted by atomic mass is 9.92. The number of nitrogen functional groups attached to an aromatic ring is 1. The quantitative estimate of drug-likeness (QED) is 0.841. The van der Waals surface area contributed by atoms with Gasteiger partial charge in [-0.3, -0.25) is 9.69 Å². The standard InChI is InChI=1S/C13H17Cl2N3O/c1-18(9-3-2-4-9)7-12(19)17-13-10(14)5-8(16)6-11(13)15/h5-6,9H,2-4,7,16H2,1H3,(H,17,19). The van der Waals surface area contributed by atoms with Crippen LogP contribution in [0.4, 0.5) is 11.4 Å². The largest absolute Gasteiger partial charge is 0.399 e. The maximum Gasteiger partial charge on any atom is 0.238 e. The van der Waals surface area contributed by atoms with Gasteiger partial charge in [0.1, 0.15) is 0 Å². The third-order valence-electron chi connectivity index (χ3n) is 3.42. The molecule has 1 aromatic carbocycles. The summed E-state index contributed by atoms with van der Waals surface area (Å²) < 4.78 is 0. The van der Waals surface area contributed by atoms with E-state index in [0.717, 1.165) is 12.8 Å². The second kappa shape index (κ2) is 5.99. The minimum Gasteiger partial charge on any atom is -0.399 e. The van der Waals surface area contributed by atoms with E-state index < -0.39 is 0 Å². The second-order valence-electron chi connectivity index (χ2n) is 4.91. The van der Waals surface area contributed by atoms with Crippen LogP contribution in [0.5, 0.6) is 0 Å². The summed E-state index contributed by atoms with van der Waals surface area (Å²) in [6.07, 6.45) is 3.56. The number of nitrogens with zero attached hydrogens (tertiary/aromatic N) is 1. The third-order valence-corrected chi connectivity index (χ3v) is 4.02. The lowest BCUT2D eigenvalue weighted by molar-refractivity contribution is -0.117. The number of halogens is 2. The van der Waals surface area contributed by atoms with Crippen LogP contribution >= 0.6 is 23.2 Å². The Morgan fingerprint density at radius 3 is 2.47 bits per heavy atom. The summed E-state index contributed by atoms with van der Waals surface area (Å²) in [5, 5.41) is 3.44. The summed E-state index contributed by atoms with van der Waals surface area (Å²) in [4.78, 5) is 14.0. The fourth-order valence-corrected chi connectivity index (χ4v) is 2.67. The highest BCUT2D eigenvalue weighted by Crippen LogP contribution is 2.32. The van der Waals surface area contributed by atoms with Crippen molar-refractivity contribution in [3.05, 3.63) is 22.2 Å². The first-order valence-corrected chi connectivity index (χ1v) is 6.97. The van der Waals surface area contributed by atoms with E-state index in [-0.39, 0.29) is 5.91 Å². The van der Waals surface area contributed by atoms with Gasteiger partial charge < -0.3 is 11.1 Å². The van der Waals surface area contributed by atoms with Crippen molar-refractivity contribution in [2.75, 3.05) is 24.6 Å². The molecule has 1 saturated carbocycles. The molecule has 0 radical (unpaired) electrons. The average molecular weight is 302 g/mol. The Hall–Kier alpha value is -0.970. The molecule has 0 atom stereocenters. The Balaban J connectivity index is 1.98. The Bertz CT molecular complexity index is 466. The molecule has 104 valence electrons. The summed E-state index contributed by atoms with van der Waals surface area (Å²) in [7, 11) is 1.95. The first-order chi connectivity index (χ1) is 8.97. The van der Waals surface area contributed by atoms with Crippen molar-refractivity contribution in [3.63, 3.8) is 0 Å². The number of hydrogen-bond donors (Lipinski definition) is 2. The molecule has 0 unspecified atom stereocenters. The van der Waals surface area contributed by atoms with Gasteiger partial charge in [-0.1, -0.05) is 29.6 Å². The highest BCUT2D eigenvalue weighted by molar-refractivity contribution is 6.40. The fraction of sp³-hybridized carbons (Fsp3) is 0.462. The van der Waals surface area contributed by atoms with Gasteiger partial charge in [0.05, 0.1) is 22.3 Å². The van der Waals surface area contributed by atoms with Crippen LogP contribution in [0.1, 0.15) is 19.3 Å². The predicted molar refractivity (Wildman–Crippen MR) is 79.8 cm³/mol. The molecule has 1 aliphatic carbocycles. The van der Waals surface area contributed by atoms with Gasteiger partial charge >= 0.3 is 0 Å². The SMILES string of the molecule is CN(CC(=O)Nc1c(Cl)cc(N)cc1Cl)C1CCC1. The van der Waals surface area contributed by atoms with E-state index in [0.29, 0.717) is 34.0 Å². The molecule has 0 bridgehead atoms. The van der Waals surface area contributed by atoms with Gasteiger partial charge in [0, 0.05) is 11.7 Å². The number of carbonyl (C=O) groups is 1. The van der Waals surface area contributed by atoms with Crippen molar-refractivity contribution < 1.29 is 4.79 Å². The number of nitrogens with one attached hydrogen (secondary N) is 1. The molecule has 0 aromatic heterocycles. The lowest BCUT2D eigenvalue weighted by Gasteiger charge is -2.34. The van der Waals surface area contributed by atoms with Gasteiger partial charge in [0.2, 0.25) is 5.91 Å². The predicted octanol–water partition coefficient (Wildman–Crippen LogP) is 3.00. The highest BCUT2D eigenvalue weighted by Gasteiger charge is 2.23. The Labute approximate surface area is 122 Å². The van der Waals surface area contributed by atoms with Crippen molar-refractivity contribution in [1.82, 2.24) is 4.90 Å². The topological polar surface area (TPSA) is 58.4 Å². The zero-order valence-electron chi connectivity index (χ0n) is 10.7. The van der Waals surface area contributed by atoms with E-state index in [1.807, 2.05) is 7.05 Å². The Morgan fingerprint density at radius 2 is 2.00 bits per heavy atom. The number of rotatable bonds is 4. The van der Waals surface area contributed by atoms with Crippen LogP contribution < -0.4 is 11.1 Å². The molecule has 0 heterocycles. The van der Waals surface area contributed by atoms with Crippen molar-refractivity contribution in [1.29, 1.82) is 0 Å². The number of amides is 1. The van der Waals surface area contributed by atoms with Crippen LogP contribution in [0.3, 0.4) is 0 Å². The first-order valence-electron chi connectivity index (χ1n) is 6.22. The second-order valence-corrected chi connectivity index (χ2v) is 5.72. The summed E-state index contributed by atoms with van der Waals surface area (Å²) in [5.41, 5.74) is 6.51. The fourth-order valence-electron chi connectivity index (χ4n) is 2.07. The Kier molecular flexibility index (Phi) is 4.55. The molecular formula is C13H17Cl2N3O. The van der Waals surface area contributed by atoms with Gasteiger partial charge in [-0.2, -0.15) is 0 Å². The molecule has 1 fully saturated rings. The van der Waals surface area contributed by atoms with Gasteiger partial charge in [-0.15, -0.1) is 0 Å². The molecule has 0 saturated heterocycles. The lowest BCUT2D eigenvalue weighted by Crippen LogP contribution is -2.41. The molecule has 1 amide bonds. The van der Waals surface area contributed by atoms with Gasteiger partial charge in [-0.05, 0) is 32.0 Å². The summed E-state index contributed by atoms with van der Waals surface area (Å²) in [5.74, 6) is -0.122. The number of carbonyl (C=O) groups excluding carboxylic acids is 1. The molecule has 2 rings (SSSR count). The van der Waals surface area contributed by atoms with Crippen molar-refractivity contribution in [2.45, 2.75) is 25.3 Å². The van der Waals surface area contributed by atoms with Gasteiger partial charge in [0.25, 0.3) is 0 Å². The maximum atomic E-state index is 12.0. The van der Waals surface area contributed by atoms with Gasteiger partial charge in [-0.25, -0.2) is 0 Å². The van der Waals surface area contributed by atoms with E-state index in [4.69, 9.17) is 28.9 Å². The number of likely N-dealkylation sites (N-methyl/N-ethyl adjacent to an activating group) is 1. The normalized spacial score (nSPS) is 15.4. The van der Waals surface area contributed by atoms with E-state index in [1.54, 1.807) is 12.1 Å². The van der Waals surface area contributed by atoms with Crippen LogP contribution in [-0.2, 0) is 4.79 Å². The average Bonchev–Trinajstić information content (AvgIpc) is 2.20. The zero-order valence-corrected chi connectivity index (χ0v) is 12.3. The van der Waals surface area contributed by atoms with Crippen LogP contribution in [0.15, 0.2) is 12.1 Å². The first kappa shape index (κ1) is 14.4. The molecule has 3 N–H and O–H groups in total. The van der Waals surface area contributed by atoms with Crippen LogP contribution in [0.2, 0.25) is 10.0 Å². The molecule has 0 aliphatic heterocycles. The third kappa shape index (κ3) is 3.53. The van der Waals surface area contributed by atoms with E-state index >= 15 is 0 Å². The molecule has 0 spiro atoms. The summed E-state index contributed by atoms with van der Waals surface area (Å²) in [6.45, 7) is 0.335. The Morgan fingerprint density at radius 1 is 1.42 bits per heavy atom. The van der Waals surface area contributed by atoms with E-state index in [2.05, 4.69) is 10.2 Å². The van der Waals surface area contributed by atoms with Crippen LogP contribution in [-0.4, -0.2) is 30.4 Å². The molecule has 1 aliphatic rings. The summed E-state index contributed by atoms with van der Waals surface area (Å²) in [6, 6.07) is 3.65. The number of hydrogen-bond acceptors (Lipinski definition) is 3. The van der Waals surface area contributed by atoms with Crippen molar-refractivity contribution in [2.24, 2.45) is 0 Å². The molecule has 6 heteroatoms. The zero-order chi connectivity index (χ0) is 14.0. The van der Waals surface area contributed by atoms with Crippen LogP contribution in [0, 0.1) is 0 Å². The number of anilines is 2. The summed E-state index contributed by atoms with van der Waals surface area (Å²) >= 11 is 12.0. The van der Waals surface area contributed by atoms with E-state index in [1.165, 1.54) is 6.42 Å². The maximum absolute atomic E-state index is 12.0. The molecule has 4 nitrogen and oxygen atoms in total. The monoisotopic (exact) mass is 301 g/mol. The highest BCUT2D eigenvalue weighted by atomic mass is 35.5. The minimum absolute atomic E-state index is 0.122. The van der Waals surface area contributed by atoms with Crippen molar-refractivity contribution in [3.8, 4) is 0 Å². The van der Waals surface area contributed by atoms with Crippen LogP contribution in [0.25, 0.3) is 0 Å². The van der Waals surface area contributed by atoms with E-state index in [9.17, 15) is 4.79 Å².